The third-order valence-corrected chi connectivity index (χ3v) is 3.31. The number of carbonyl (C=O) groups is 2. The average Bonchev–Trinajstić information content (AvgIpc) is 3.25. The molecule has 0 aliphatic heterocycles. The first kappa shape index (κ1) is 15.5. The Morgan fingerprint density at radius 1 is 1.25 bits per heavy atom. The molecular formula is C16H14N4O4. The summed E-state index contributed by atoms with van der Waals surface area (Å²) in [6.45, 7) is 0.345. The van der Waals surface area contributed by atoms with Gasteiger partial charge in [-0.2, -0.15) is 5.10 Å². The Kier molecular flexibility index (Phi) is 4.37. The number of carboxylic acid groups (broad SMARTS) is 1. The number of carboxylic acids is 1. The summed E-state index contributed by atoms with van der Waals surface area (Å²) in [7, 11) is 0. The fraction of sp³-hybridized carbons (Fsp3) is 0.125. The van der Waals surface area contributed by atoms with Gasteiger partial charge in [-0.15, -0.1) is 0 Å². The maximum atomic E-state index is 11.8. The molecule has 0 atom stereocenters. The Morgan fingerprint density at radius 3 is 2.83 bits per heavy atom. The molecule has 2 N–H and O–H groups in total. The zero-order valence-corrected chi connectivity index (χ0v) is 12.5. The van der Waals surface area contributed by atoms with E-state index in [1.165, 1.54) is 17.0 Å². The van der Waals surface area contributed by atoms with Crippen molar-refractivity contribution >= 4 is 11.9 Å². The minimum absolute atomic E-state index is 0.0266. The van der Waals surface area contributed by atoms with Gasteiger partial charge in [0.25, 0.3) is 0 Å². The van der Waals surface area contributed by atoms with E-state index in [1.54, 1.807) is 18.3 Å². The van der Waals surface area contributed by atoms with Gasteiger partial charge in [0.1, 0.15) is 6.26 Å². The standard InChI is InChI=1S/C16H14N4O4/c21-15(9-12-5-7-24-19-12)17-10-11-2-1-3-13(8-11)20-6-4-14(18-20)16(22)23/h1-8H,9-10H2,(H,17,21)(H,22,23). The van der Waals surface area contributed by atoms with Crippen LogP contribution in [0.25, 0.3) is 5.69 Å². The summed E-state index contributed by atoms with van der Waals surface area (Å²) in [5, 5.41) is 19.4. The molecule has 3 aromatic rings. The van der Waals surface area contributed by atoms with Gasteiger partial charge in [0.15, 0.2) is 5.69 Å². The van der Waals surface area contributed by atoms with Crippen molar-refractivity contribution in [2.75, 3.05) is 0 Å². The third-order valence-electron chi connectivity index (χ3n) is 3.31. The van der Waals surface area contributed by atoms with Gasteiger partial charge in [-0.05, 0) is 23.8 Å². The van der Waals surface area contributed by atoms with Crippen molar-refractivity contribution in [3.8, 4) is 5.69 Å². The van der Waals surface area contributed by atoms with E-state index in [1.807, 2.05) is 18.2 Å². The smallest absolute Gasteiger partial charge is 0.356 e. The SMILES string of the molecule is O=C(Cc1ccon1)NCc1cccc(-n2ccc(C(=O)O)n2)c1. The van der Waals surface area contributed by atoms with E-state index in [0.29, 0.717) is 17.9 Å². The number of benzene rings is 1. The molecule has 122 valence electrons. The first-order valence-corrected chi connectivity index (χ1v) is 7.16. The lowest BCUT2D eigenvalue weighted by Gasteiger charge is -2.07. The highest BCUT2D eigenvalue weighted by atomic mass is 16.5. The summed E-state index contributed by atoms with van der Waals surface area (Å²) in [6, 6.07) is 10.4. The molecule has 0 saturated carbocycles. The third kappa shape index (κ3) is 3.67. The average molecular weight is 326 g/mol. The Hall–Kier alpha value is -3.42. The molecule has 0 saturated heterocycles. The van der Waals surface area contributed by atoms with E-state index in [4.69, 9.17) is 5.11 Å². The van der Waals surface area contributed by atoms with Crippen LogP contribution in [0.15, 0.2) is 53.4 Å². The molecule has 0 aliphatic carbocycles. The second kappa shape index (κ2) is 6.78. The Morgan fingerprint density at radius 2 is 2.12 bits per heavy atom. The summed E-state index contributed by atoms with van der Waals surface area (Å²) in [4.78, 5) is 22.7. The van der Waals surface area contributed by atoms with E-state index in [9.17, 15) is 9.59 Å². The molecule has 8 nitrogen and oxygen atoms in total. The van der Waals surface area contributed by atoms with Crippen LogP contribution in [0.3, 0.4) is 0 Å². The molecule has 1 amide bonds. The monoisotopic (exact) mass is 326 g/mol. The second-order valence-corrected chi connectivity index (χ2v) is 5.06. The number of rotatable bonds is 6. The van der Waals surface area contributed by atoms with Crippen LogP contribution in [-0.4, -0.2) is 31.9 Å². The van der Waals surface area contributed by atoms with E-state index in [2.05, 4.69) is 20.1 Å². The van der Waals surface area contributed by atoms with Crippen LogP contribution >= 0.6 is 0 Å². The van der Waals surface area contributed by atoms with E-state index < -0.39 is 5.97 Å². The number of hydrogen-bond acceptors (Lipinski definition) is 5. The van der Waals surface area contributed by atoms with Crippen molar-refractivity contribution in [2.24, 2.45) is 0 Å². The molecule has 3 rings (SSSR count). The van der Waals surface area contributed by atoms with Crippen LogP contribution in [0.1, 0.15) is 21.7 Å². The molecule has 0 radical (unpaired) electrons. The van der Waals surface area contributed by atoms with Crippen LogP contribution < -0.4 is 5.32 Å². The molecule has 0 spiro atoms. The van der Waals surface area contributed by atoms with Gasteiger partial charge in [0, 0.05) is 18.8 Å². The zero-order valence-electron chi connectivity index (χ0n) is 12.5. The van der Waals surface area contributed by atoms with E-state index in [0.717, 1.165) is 5.56 Å². The lowest BCUT2D eigenvalue weighted by Crippen LogP contribution is -2.24. The Bertz CT molecular complexity index is 855. The van der Waals surface area contributed by atoms with Gasteiger partial charge in [0.2, 0.25) is 5.91 Å². The van der Waals surface area contributed by atoms with Gasteiger partial charge < -0.3 is 14.9 Å². The Balaban J connectivity index is 1.64. The fourth-order valence-electron chi connectivity index (χ4n) is 2.15. The molecule has 0 fully saturated rings. The highest BCUT2D eigenvalue weighted by Crippen LogP contribution is 2.11. The number of nitrogens with one attached hydrogen (secondary N) is 1. The maximum Gasteiger partial charge on any atom is 0.356 e. The number of aromatic nitrogens is 3. The van der Waals surface area contributed by atoms with Crippen molar-refractivity contribution in [1.82, 2.24) is 20.3 Å². The molecule has 0 unspecified atom stereocenters. The van der Waals surface area contributed by atoms with Crippen LogP contribution in [0.4, 0.5) is 0 Å². The zero-order chi connectivity index (χ0) is 16.9. The molecule has 0 bridgehead atoms. The van der Waals surface area contributed by atoms with Crippen molar-refractivity contribution in [3.05, 3.63) is 65.8 Å². The van der Waals surface area contributed by atoms with E-state index >= 15 is 0 Å². The summed E-state index contributed by atoms with van der Waals surface area (Å²) in [6.07, 6.45) is 3.14. The van der Waals surface area contributed by atoms with Crippen molar-refractivity contribution in [2.45, 2.75) is 13.0 Å². The lowest BCUT2D eigenvalue weighted by atomic mass is 10.2. The molecule has 0 aliphatic rings. The van der Waals surface area contributed by atoms with Crippen molar-refractivity contribution in [3.63, 3.8) is 0 Å². The number of aromatic carboxylic acids is 1. The first-order valence-electron chi connectivity index (χ1n) is 7.16. The van der Waals surface area contributed by atoms with E-state index in [-0.39, 0.29) is 18.0 Å². The molecule has 8 heteroatoms. The molecule has 2 aromatic heterocycles. The largest absolute Gasteiger partial charge is 0.476 e. The van der Waals surface area contributed by atoms with Crippen LogP contribution in [0, 0.1) is 0 Å². The van der Waals surface area contributed by atoms with Gasteiger partial charge in [-0.3, -0.25) is 4.79 Å². The van der Waals surface area contributed by atoms with Crippen LogP contribution in [-0.2, 0) is 17.8 Å². The van der Waals surface area contributed by atoms with Crippen LogP contribution in [0.2, 0.25) is 0 Å². The number of carbonyl (C=O) groups excluding carboxylic acids is 1. The summed E-state index contributed by atoms with van der Waals surface area (Å²) in [5.74, 6) is -1.24. The lowest BCUT2D eigenvalue weighted by molar-refractivity contribution is -0.120. The topological polar surface area (TPSA) is 110 Å². The molecule has 2 heterocycles. The van der Waals surface area contributed by atoms with Gasteiger partial charge in [-0.1, -0.05) is 17.3 Å². The van der Waals surface area contributed by atoms with Gasteiger partial charge in [0.05, 0.1) is 17.8 Å². The predicted octanol–water partition coefficient (Wildman–Crippen LogP) is 1.42. The first-order chi connectivity index (χ1) is 11.6. The highest BCUT2D eigenvalue weighted by molar-refractivity contribution is 5.85. The molecule has 1 aromatic carbocycles. The number of amides is 1. The summed E-state index contributed by atoms with van der Waals surface area (Å²) in [5.41, 5.74) is 2.12. The van der Waals surface area contributed by atoms with Gasteiger partial charge >= 0.3 is 5.97 Å². The summed E-state index contributed by atoms with van der Waals surface area (Å²) < 4.78 is 6.16. The minimum Gasteiger partial charge on any atom is -0.476 e. The number of hydrogen-bond donors (Lipinski definition) is 2. The quantitative estimate of drug-likeness (QED) is 0.709. The Labute approximate surface area is 136 Å². The predicted molar refractivity (Wildman–Crippen MR) is 82.6 cm³/mol. The van der Waals surface area contributed by atoms with Crippen LogP contribution in [0.5, 0.6) is 0 Å². The highest BCUT2D eigenvalue weighted by Gasteiger charge is 2.09. The fourth-order valence-corrected chi connectivity index (χ4v) is 2.15. The normalized spacial score (nSPS) is 10.5. The van der Waals surface area contributed by atoms with Crippen molar-refractivity contribution in [1.29, 1.82) is 0 Å². The van der Waals surface area contributed by atoms with Gasteiger partial charge in [-0.25, -0.2) is 9.48 Å². The second-order valence-electron chi connectivity index (χ2n) is 5.06. The molecular weight excluding hydrogens is 312 g/mol. The number of nitrogens with zero attached hydrogens (tertiary/aromatic N) is 3. The van der Waals surface area contributed by atoms with Crippen molar-refractivity contribution < 1.29 is 19.2 Å². The summed E-state index contributed by atoms with van der Waals surface area (Å²) >= 11 is 0. The maximum absolute atomic E-state index is 11.8. The minimum atomic E-state index is -1.08. The molecule has 24 heavy (non-hydrogen) atoms.